The molecule has 0 unspecified atom stereocenters. The number of hydrogen-bond donors (Lipinski definition) is 0. The maximum absolute atomic E-state index is 6.27. The molecule has 0 fully saturated rings. The number of ether oxygens (including phenoxy) is 1. The molecule has 0 aliphatic carbocycles. The summed E-state index contributed by atoms with van der Waals surface area (Å²) in [5.74, 6) is 1.91. The third-order valence-corrected chi connectivity index (χ3v) is 10.1. The summed E-state index contributed by atoms with van der Waals surface area (Å²) in [5, 5.41) is 2.38. The molecule has 0 bridgehead atoms. The number of methoxy groups -OCH3 is 1. The first-order chi connectivity index (χ1) is 28.2. The molecule has 1 aliphatic heterocycles. The van der Waals surface area contributed by atoms with Gasteiger partial charge in [0, 0.05) is 39.9 Å². The molecule has 7 aromatic carbocycles. The number of para-hydroxylation sites is 2. The molecule has 57 heavy (non-hydrogen) atoms. The molecule has 2 heterocycles. The minimum absolute atomic E-state index is 0.550. The van der Waals surface area contributed by atoms with E-state index in [4.69, 9.17) is 19.7 Å². The van der Waals surface area contributed by atoms with Crippen molar-refractivity contribution in [2.24, 2.45) is 15.0 Å². The van der Waals surface area contributed by atoms with Crippen molar-refractivity contribution in [2.75, 3.05) is 7.11 Å². The Morgan fingerprint density at radius 3 is 1.88 bits per heavy atom. The number of rotatable bonds is 7. The Morgan fingerprint density at radius 2 is 1.12 bits per heavy atom. The molecule has 272 valence electrons. The van der Waals surface area contributed by atoms with E-state index in [2.05, 4.69) is 132 Å². The lowest BCUT2D eigenvalue weighted by molar-refractivity contribution is 0.415. The third-order valence-electron chi connectivity index (χ3n) is 10.1. The smallest absolute Gasteiger partial charge is 0.161 e. The molecular weight excluding hydrogens is 697 g/mol. The highest BCUT2D eigenvalue weighted by Crippen LogP contribution is 2.41. The van der Waals surface area contributed by atoms with E-state index in [1.54, 1.807) is 19.5 Å². The van der Waals surface area contributed by atoms with Crippen LogP contribution < -0.4 is 4.74 Å². The predicted molar refractivity (Wildman–Crippen MR) is 239 cm³/mol. The molecule has 8 aromatic rings. The molecular formula is C52H38N4O. The van der Waals surface area contributed by atoms with E-state index < -0.39 is 0 Å². The lowest BCUT2D eigenvalue weighted by Crippen LogP contribution is -2.05. The highest BCUT2D eigenvalue weighted by Gasteiger charge is 2.19. The predicted octanol–water partition coefficient (Wildman–Crippen LogP) is 12.6. The highest BCUT2D eigenvalue weighted by atomic mass is 16.5. The summed E-state index contributed by atoms with van der Waals surface area (Å²) in [6.45, 7) is 0. The van der Waals surface area contributed by atoms with Crippen LogP contribution in [0.25, 0.3) is 55.3 Å². The van der Waals surface area contributed by atoms with Crippen LogP contribution in [0.3, 0.4) is 0 Å². The zero-order valence-electron chi connectivity index (χ0n) is 31.4. The molecule has 0 saturated heterocycles. The van der Waals surface area contributed by atoms with Gasteiger partial charge < -0.3 is 9.30 Å². The van der Waals surface area contributed by atoms with E-state index in [-0.39, 0.29) is 0 Å². The molecule has 0 radical (unpaired) electrons. The summed E-state index contributed by atoms with van der Waals surface area (Å²) < 4.78 is 8.59. The lowest BCUT2D eigenvalue weighted by atomic mass is 10.0. The number of benzene rings is 7. The Labute approximate surface area is 332 Å². The summed E-state index contributed by atoms with van der Waals surface area (Å²) in [5.41, 5.74) is 11.5. The normalized spacial score (nSPS) is 15.1. The molecule has 9 rings (SSSR count). The number of nitrogens with zero attached hydrogens (tertiary/aromatic N) is 4. The average Bonchev–Trinajstić information content (AvgIpc) is 3.61. The maximum Gasteiger partial charge on any atom is 0.161 e. The Kier molecular flexibility index (Phi) is 9.85. The molecule has 5 nitrogen and oxygen atoms in total. The molecule has 0 amide bonds. The van der Waals surface area contributed by atoms with Gasteiger partial charge in [-0.1, -0.05) is 164 Å². The van der Waals surface area contributed by atoms with Crippen LogP contribution in [0.15, 0.2) is 221 Å². The van der Waals surface area contributed by atoms with Gasteiger partial charge in [0.05, 0.1) is 23.8 Å². The number of aromatic nitrogens is 1. The van der Waals surface area contributed by atoms with Crippen LogP contribution in [0, 0.1) is 0 Å². The fraction of sp³-hybridized carbons (Fsp3) is 0.0192. The fourth-order valence-electron chi connectivity index (χ4n) is 7.41. The van der Waals surface area contributed by atoms with E-state index >= 15 is 0 Å². The van der Waals surface area contributed by atoms with Crippen molar-refractivity contribution >= 4 is 45.3 Å². The minimum Gasteiger partial charge on any atom is -0.494 e. The van der Waals surface area contributed by atoms with Gasteiger partial charge in [0.15, 0.2) is 17.4 Å². The first-order valence-corrected chi connectivity index (χ1v) is 19.0. The standard InChI is InChI=1S/C52H38N4O/c1-57-50-44(25-13-27-49(50)56-47-26-12-11-24-45(47)46-36-43(32-33-48(46)56)39-18-7-3-8-19-39)40-28-30-42(31-29-40)52-54-35-15-23-38(37-16-5-2-6-17-37)22-14-34-53-51(55-52)41-20-9-4-10-21-41/h2-36H,1H3/b22-14?,23-15+,34-14-,35-15?,38-22+,38-23?,53-34?,53-51?,54-35?,54-52?,55-51?,55-52?. The summed E-state index contributed by atoms with van der Waals surface area (Å²) >= 11 is 0. The number of aliphatic imine (C=N–C) groups is 3. The van der Waals surface area contributed by atoms with Gasteiger partial charge >= 0.3 is 0 Å². The van der Waals surface area contributed by atoms with Gasteiger partial charge in [0.2, 0.25) is 0 Å². The zero-order chi connectivity index (χ0) is 38.4. The van der Waals surface area contributed by atoms with E-state index in [9.17, 15) is 0 Å². The number of hydrogen-bond acceptors (Lipinski definition) is 4. The van der Waals surface area contributed by atoms with Gasteiger partial charge in [0.1, 0.15) is 0 Å². The van der Waals surface area contributed by atoms with Crippen LogP contribution in [0.5, 0.6) is 5.75 Å². The zero-order valence-corrected chi connectivity index (χ0v) is 31.4. The first-order valence-electron chi connectivity index (χ1n) is 19.0. The largest absolute Gasteiger partial charge is 0.494 e. The van der Waals surface area contributed by atoms with Crippen LogP contribution in [0.2, 0.25) is 0 Å². The third kappa shape index (κ3) is 7.18. The molecule has 0 N–H and O–H groups in total. The molecule has 0 atom stereocenters. The quantitative estimate of drug-likeness (QED) is 0.161. The Bertz CT molecular complexity index is 2900. The second kappa shape index (κ2) is 16.0. The van der Waals surface area contributed by atoms with Crippen molar-refractivity contribution < 1.29 is 4.74 Å². The Hall–Kier alpha value is -7.63. The highest BCUT2D eigenvalue weighted by molar-refractivity contribution is 6.14. The van der Waals surface area contributed by atoms with Crippen LogP contribution in [0.1, 0.15) is 16.7 Å². The van der Waals surface area contributed by atoms with Crippen molar-refractivity contribution in [1.29, 1.82) is 0 Å². The molecule has 0 saturated carbocycles. The van der Waals surface area contributed by atoms with Gasteiger partial charge in [-0.2, -0.15) is 0 Å². The second-order valence-corrected chi connectivity index (χ2v) is 13.6. The Balaban J connectivity index is 1.11. The molecule has 1 aliphatic rings. The van der Waals surface area contributed by atoms with E-state index in [0.717, 1.165) is 55.9 Å². The number of allylic oxidation sites excluding steroid dienone is 5. The number of fused-ring (bicyclic) bond motifs is 3. The van der Waals surface area contributed by atoms with Gasteiger partial charge in [0.25, 0.3) is 0 Å². The van der Waals surface area contributed by atoms with Gasteiger partial charge in [-0.3, -0.25) is 0 Å². The maximum atomic E-state index is 6.27. The van der Waals surface area contributed by atoms with Gasteiger partial charge in [-0.05, 0) is 64.2 Å². The van der Waals surface area contributed by atoms with Crippen LogP contribution in [-0.2, 0) is 0 Å². The van der Waals surface area contributed by atoms with Gasteiger partial charge in [-0.25, -0.2) is 15.0 Å². The van der Waals surface area contributed by atoms with E-state index in [0.29, 0.717) is 11.7 Å². The topological polar surface area (TPSA) is 51.2 Å². The van der Waals surface area contributed by atoms with Crippen molar-refractivity contribution in [3.63, 3.8) is 0 Å². The summed E-state index contributed by atoms with van der Waals surface area (Å²) in [6.07, 6.45) is 11.6. The summed E-state index contributed by atoms with van der Waals surface area (Å²) in [4.78, 5) is 14.7. The average molecular weight is 735 g/mol. The van der Waals surface area contributed by atoms with E-state index in [1.807, 2.05) is 72.8 Å². The van der Waals surface area contributed by atoms with Gasteiger partial charge in [-0.15, -0.1) is 0 Å². The molecule has 1 aromatic heterocycles. The summed E-state index contributed by atoms with van der Waals surface area (Å²) in [6, 6.07) is 60.8. The SMILES string of the molecule is COc1c(-c2ccc(C3=NC(c4ccccc4)=N\C=C/C=C(c4ccccc4)\C=C\C=N3)cc2)cccc1-n1c2ccccc2c2cc(-c3ccccc3)ccc21. The fourth-order valence-corrected chi connectivity index (χ4v) is 7.41. The summed E-state index contributed by atoms with van der Waals surface area (Å²) in [7, 11) is 1.75. The van der Waals surface area contributed by atoms with Crippen molar-refractivity contribution in [3.05, 3.63) is 223 Å². The first kappa shape index (κ1) is 35.1. The van der Waals surface area contributed by atoms with Crippen LogP contribution in [0.4, 0.5) is 0 Å². The van der Waals surface area contributed by atoms with Crippen molar-refractivity contribution in [1.82, 2.24) is 4.57 Å². The van der Waals surface area contributed by atoms with Crippen LogP contribution in [-0.4, -0.2) is 29.6 Å². The van der Waals surface area contributed by atoms with Crippen molar-refractivity contribution in [3.8, 4) is 33.7 Å². The van der Waals surface area contributed by atoms with Crippen LogP contribution >= 0.6 is 0 Å². The second-order valence-electron chi connectivity index (χ2n) is 13.6. The van der Waals surface area contributed by atoms with E-state index in [1.165, 1.54) is 21.9 Å². The van der Waals surface area contributed by atoms with Crippen molar-refractivity contribution in [2.45, 2.75) is 0 Å². The minimum atomic E-state index is 0.550. The monoisotopic (exact) mass is 734 g/mol. The Morgan fingerprint density at radius 1 is 0.491 bits per heavy atom. The lowest BCUT2D eigenvalue weighted by Gasteiger charge is -2.17. The molecule has 5 heteroatoms. The number of amidine groups is 2. The molecule has 0 spiro atoms.